The highest BCUT2D eigenvalue weighted by Crippen LogP contribution is 2.25. The first-order chi connectivity index (χ1) is 7.25. The molecule has 2 aliphatic rings. The molecule has 15 heavy (non-hydrogen) atoms. The van der Waals surface area contributed by atoms with E-state index in [-0.39, 0.29) is 0 Å². The van der Waals surface area contributed by atoms with Crippen LogP contribution in [0.2, 0.25) is 0 Å². The standard InChI is InChI=1S/C13H26N2/c1-11-8-15(10-13(11)14)9-12-6-4-2-3-5-7-12/h11-13H,2-10,14H2,1H3. The van der Waals surface area contributed by atoms with Crippen LogP contribution in [0.3, 0.4) is 0 Å². The topological polar surface area (TPSA) is 29.3 Å². The van der Waals surface area contributed by atoms with Crippen LogP contribution in [0, 0.1) is 11.8 Å². The van der Waals surface area contributed by atoms with Gasteiger partial charge in [0.15, 0.2) is 0 Å². The molecule has 2 fully saturated rings. The van der Waals surface area contributed by atoms with Gasteiger partial charge in [-0.25, -0.2) is 0 Å². The van der Waals surface area contributed by atoms with Gasteiger partial charge in [0, 0.05) is 25.7 Å². The molecule has 1 saturated heterocycles. The summed E-state index contributed by atoms with van der Waals surface area (Å²) in [4.78, 5) is 2.60. The van der Waals surface area contributed by atoms with Gasteiger partial charge in [-0.15, -0.1) is 0 Å². The number of hydrogen-bond donors (Lipinski definition) is 1. The minimum atomic E-state index is 0.427. The Morgan fingerprint density at radius 3 is 2.27 bits per heavy atom. The normalized spacial score (nSPS) is 35.6. The van der Waals surface area contributed by atoms with Crippen LogP contribution >= 0.6 is 0 Å². The molecule has 0 aromatic heterocycles. The molecule has 2 N–H and O–H groups in total. The Labute approximate surface area is 94.2 Å². The molecule has 2 atom stereocenters. The van der Waals surface area contributed by atoms with Crippen molar-refractivity contribution >= 4 is 0 Å². The van der Waals surface area contributed by atoms with Crippen LogP contribution < -0.4 is 5.73 Å². The first-order valence-electron chi connectivity index (χ1n) is 6.73. The maximum Gasteiger partial charge on any atom is 0.0206 e. The largest absolute Gasteiger partial charge is 0.326 e. The minimum absolute atomic E-state index is 0.427. The third-order valence-electron chi connectivity index (χ3n) is 4.24. The lowest BCUT2D eigenvalue weighted by molar-refractivity contribution is 0.254. The van der Waals surface area contributed by atoms with Crippen LogP contribution in [0.5, 0.6) is 0 Å². The van der Waals surface area contributed by atoms with Crippen molar-refractivity contribution in [3.8, 4) is 0 Å². The van der Waals surface area contributed by atoms with Crippen LogP contribution in [-0.4, -0.2) is 30.6 Å². The predicted molar refractivity (Wildman–Crippen MR) is 64.8 cm³/mol. The third-order valence-corrected chi connectivity index (χ3v) is 4.24. The smallest absolute Gasteiger partial charge is 0.0206 e. The van der Waals surface area contributed by atoms with Gasteiger partial charge in [-0.05, 0) is 24.7 Å². The summed E-state index contributed by atoms with van der Waals surface area (Å²) in [5.41, 5.74) is 6.06. The Bertz CT molecular complexity index is 175. The van der Waals surface area contributed by atoms with Gasteiger partial charge in [0.1, 0.15) is 0 Å². The fourth-order valence-electron chi connectivity index (χ4n) is 3.16. The second-order valence-electron chi connectivity index (χ2n) is 5.72. The van der Waals surface area contributed by atoms with E-state index < -0.39 is 0 Å². The number of likely N-dealkylation sites (tertiary alicyclic amines) is 1. The lowest BCUT2D eigenvalue weighted by atomic mass is 10.00. The summed E-state index contributed by atoms with van der Waals surface area (Å²) in [7, 11) is 0. The molecule has 2 unspecified atom stereocenters. The highest BCUT2D eigenvalue weighted by molar-refractivity contribution is 4.85. The number of rotatable bonds is 2. The Kier molecular flexibility index (Phi) is 4.04. The molecule has 1 aliphatic carbocycles. The van der Waals surface area contributed by atoms with E-state index in [0.717, 1.165) is 12.5 Å². The summed E-state index contributed by atoms with van der Waals surface area (Å²) in [6.07, 6.45) is 8.76. The summed E-state index contributed by atoms with van der Waals surface area (Å²) in [5, 5.41) is 0. The second kappa shape index (κ2) is 5.31. The van der Waals surface area contributed by atoms with E-state index in [4.69, 9.17) is 5.73 Å². The molecule has 0 amide bonds. The molecule has 2 heteroatoms. The first-order valence-corrected chi connectivity index (χ1v) is 6.73. The maximum absolute atomic E-state index is 6.06. The van der Waals surface area contributed by atoms with Crippen LogP contribution in [0.25, 0.3) is 0 Å². The SMILES string of the molecule is CC1CN(CC2CCCCCC2)CC1N. The van der Waals surface area contributed by atoms with Gasteiger partial charge >= 0.3 is 0 Å². The monoisotopic (exact) mass is 210 g/mol. The van der Waals surface area contributed by atoms with Crippen molar-refractivity contribution in [1.29, 1.82) is 0 Å². The molecule has 0 aromatic rings. The average Bonchev–Trinajstić information content (AvgIpc) is 2.45. The van der Waals surface area contributed by atoms with E-state index in [9.17, 15) is 0 Å². The second-order valence-corrected chi connectivity index (χ2v) is 5.72. The molecule has 1 saturated carbocycles. The molecular formula is C13H26N2. The van der Waals surface area contributed by atoms with Crippen LogP contribution in [0.1, 0.15) is 45.4 Å². The zero-order valence-electron chi connectivity index (χ0n) is 10.1. The van der Waals surface area contributed by atoms with Gasteiger partial charge in [0.05, 0.1) is 0 Å². The maximum atomic E-state index is 6.06. The van der Waals surface area contributed by atoms with Crippen molar-refractivity contribution in [2.45, 2.75) is 51.5 Å². The van der Waals surface area contributed by atoms with E-state index in [1.54, 1.807) is 0 Å². The minimum Gasteiger partial charge on any atom is -0.326 e. The summed E-state index contributed by atoms with van der Waals surface area (Å²) in [5.74, 6) is 1.67. The molecule has 0 aromatic carbocycles. The van der Waals surface area contributed by atoms with Gasteiger partial charge in [-0.2, -0.15) is 0 Å². The summed E-state index contributed by atoms with van der Waals surface area (Å²) < 4.78 is 0. The van der Waals surface area contributed by atoms with Crippen LogP contribution in [-0.2, 0) is 0 Å². The van der Waals surface area contributed by atoms with E-state index in [2.05, 4.69) is 11.8 Å². The first kappa shape index (κ1) is 11.4. The molecular weight excluding hydrogens is 184 g/mol. The highest BCUT2D eigenvalue weighted by atomic mass is 15.2. The van der Waals surface area contributed by atoms with Crippen LogP contribution in [0.15, 0.2) is 0 Å². The predicted octanol–water partition coefficient (Wildman–Crippen LogP) is 2.24. The fourth-order valence-corrected chi connectivity index (χ4v) is 3.16. The molecule has 2 rings (SSSR count). The van der Waals surface area contributed by atoms with Crippen molar-refractivity contribution in [2.24, 2.45) is 17.6 Å². The Balaban J connectivity index is 1.76. The Morgan fingerprint density at radius 2 is 1.73 bits per heavy atom. The molecule has 1 aliphatic heterocycles. The summed E-state index contributed by atoms with van der Waals surface area (Å²) in [6, 6.07) is 0.427. The third kappa shape index (κ3) is 3.18. The van der Waals surface area contributed by atoms with Crippen molar-refractivity contribution < 1.29 is 0 Å². The number of nitrogens with two attached hydrogens (primary N) is 1. The van der Waals surface area contributed by atoms with Gasteiger partial charge in [0.2, 0.25) is 0 Å². The summed E-state index contributed by atoms with van der Waals surface area (Å²) in [6.45, 7) is 5.98. The average molecular weight is 210 g/mol. The summed E-state index contributed by atoms with van der Waals surface area (Å²) >= 11 is 0. The van der Waals surface area contributed by atoms with Crippen molar-refractivity contribution in [2.75, 3.05) is 19.6 Å². The Morgan fingerprint density at radius 1 is 1.07 bits per heavy atom. The lowest BCUT2D eigenvalue weighted by Crippen LogP contribution is -2.31. The van der Waals surface area contributed by atoms with Gasteiger partial charge < -0.3 is 10.6 Å². The zero-order valence-corrected chi connectivity index (χ0v) is 10.1. The van der Waals surface area contributed by atoms with Crippen molar-refractivity contribution in [3.05, 3.63) is 0 Å². The van der Waals surface area contributed by atoms with Gasteiger partial charge in [-0.3, -0.25) is 0 Å². The van der Waals surface area contributed by atoms with Gasteiger partial charge in [-0.1, -0.05) is 32.6 Å². The fraction of sp³-hybridized carbons (Fsp3) is 1.00. The van der Waals surface area contributed by atoms with Crippen LogP contribution in [0.4, 0.5) is 0 Å². The Hall–Kier alpha value is -0.0800. The van der Waals surface area contributed by atoms with Gasteiger partial charge in [0.25, 0.3) is 0 Å². The molecule has 2 nitrogen and oxygen atoms in total. The lowest BCUT2D eigenvalue weighted by Gasteiger charge is -2.22. The zero-order chi connectivity index (χ0) is 10.7. The van der Waals surface area contributed by atoms with E-state index in [1.165, 1.54) is 51.6 Å². The molecule has 0 spiro atoms. The van der Waals surface area contributed by atoms with E-state index >= 15 is 0 Å². The number of hydrogen-bond acceptors (Lipinski definition) is 2. The molecule has 0 bridgehead atoms. The number of nitrogens with zero attached hydrogens (tertiary/aromatic N) is 1. The quantitative estimate of drug-likeness (QED) is 0.708. The van der Waals surface area contributed by atoms with Crippen molar-refractivity contribution in [3.63, 3.8) is 0 Å². The molecule has 1 heterocycles. The van der Waals surface area contributed by atoms with E-state index in [1.807, 2.05) is 0 Å². The van der Waals surface area contributed by atoms with E-state index in [0.29, 0.717) is 12.0 Å². The molecule has 0 radical (unpaired) electrons. The van der Waals surface area contributed by atoms with Crippen molar-refractivity contribution in [1.82, 2.24) is 4.90 Å². The highest BCUT2D eigenvalue weighted by Gasteiger charge is 2.28. The molecule has 88 valence electrons.